The largest absolute Gasteiger partial charge is 0.303 e. The number of fused-ring (bicyclic) bond motifs is 1. The lowest BCUT2D eigenvalue weighted by atomic mass is 10.2. The molecule has 0 aliphatic rings. The molecule has 3 aromatic heterocycles. The van der Waals surface area contributed by atoms with Crippen molar-refractivity contribution in [1.82, 2.24) is 19.7 Å². The maximum Gasteiger partial charge on any atom is 0.258 e. The number of aromatic nitrogens is 4. The number of aryl methyl sites for hydroxylation is 1. The summed E-state index contributed by atoms with van der Waals surface area (Å²) in [6, 6.07) is 7.14. The van der Waals surface area contributed by atoms with Gasteiger partial charge in [-0.1, -0.05) is 0 Å². The second-order valence-corrected chi connectivity index (χ2v) is 4.04. The second kappa shape index (κ2) is 4.49. The fourth-order valence-corrected chi connectivity index (χ4v) is 1.85. The fourth-order valence-electron chi connectivity index (χ4n) is 1.85. The van der Waals surface area contributed by atoms with Crippen LogP contribution in [0.3, 0.4) is 0 Å². The summed E-state index contributed by atoms with van der Waals surface area (Å²) in [7, 11) is 1.81. The summed E-state index contributed by atoms with van der Waals surface area (Å²) in [6.45, 7) is 0. The Morgan fingerprint density at radius 3 is 2.89 bits per heavy atom. The number of pyridine rings is 2. The molecule has 3 heterocycles. The van der Waals surface area contributed by atoms with E-state index in [1.807, 2.05) is 19.2 Å². The third-order valence-electron chi connectivity index (χ3n) is 2.77. The third-order valence-corrected chi connectivity index (χ3v) is 2.77. The van der Waals surface area contributed by atoms with Gasteiger partial charge in [0.1, 0.15) is 5.52 Å². The van der Waals surface area contributed by atoms with Gasteiger partial charge in [0.15, 0.2) is 5.82 Å². The topological polar surface area (TPSA) is 72.7 Å². The normalized spacial score (nSPS) is 10.6. The molecule has 6 heteroatoms. The number of carbonyl (C=O) groups excluding carboxylic acids is 1. The van der Waals surface area contributed by atoms with E-state index >= 15 is 0 Å². The molecule has 0 spiro atoms. The van der Waals surface area contributed by atoms with Gasteiger partial charge in [0, 0.05) is 25.6 Å². The van der Waals surface area contributed by atoms with Gasteiger partial charge in [-0.25, -0.2) is 0 Å². The minimum atomic E-state index is -0.251. The molecular formula is C13H11N5O. The Kier molecular flexibility index (Phi) is 2.68. The maximum atomic E-state index is 12.0. The Labute approximate surface area is 109 Å². The van der Waals surface area contributed by atoms with Crippen molar-refractivity contribution in [2.75, 3.05) is 5.32 Å². The zero-order valence-electron chi connectivity index (χ0n) is 10.2. The van der Waals surface area contributed by atoms with E-state index in [1.165, 1.54) is 6.20 Å². The van der Waals surface area contributed by atoms with Crippen LogP contribution in [-0.2, 0) is 7.05 Å². The number of nitrogens with zero attached hydrogens (tertiary/aromatic N) is 4. The molecule has 0 saturated heterocycles. The second-order valence-electron chi connectivity index (χ2n) is 4.04. The number of hydrogen-bond donors (Lipinski definition) is 1. The van der Waals surface area contributed by atoms with Crippen molar-refractivity contribution in [2.24, 2.45) is 7.05 Å². The zero-order valence-corrected chi connectivity index (χ0v) is 10.2. The van der Waals surface area contributed by atoms with Gasteiger partial charge in [-0.3, -0.25) is 19.4 Å². The lowest BCUT2D eigenvalue weighted by Gasteiger charge is -2.01. The first-order valence-corrected chi connectivity index (χ1v) is 5.75. The minimum Gasteiger partial charge on any atom is -0.303 e. The molecular weight excluding hydrogens is 242 g/mol. The molecule has 0 radical (unpaired) electrons. The summed E-state index contributed by atoms with van der Waals surface area (Å²) in [6.07, 6.45) is 4.80. The van der Waals surface area contributed by atoms with Gasteiger partial charge < -0.3 is 5.32 Å². The summed E-state index contributed by atoms with van der Waals surface area (Å²) < 4.78 is 1.68. The molecule has 0 atom stereocenters. The molecule has 0 aromatic carbocycles. The van der Waals surface area contributed by atoms with Crippen LogP contribution in [0.5, 0.6) is 0 Å². The highest BCUT2D eigenvalue weighted by atomic mass is 16.1. The Bertz CT molecular complexity index is 735. The average Bonchev–Trinajstić information content (AvgIpc) is 2.77. The Hall–Kier alpha value is -2.76. The quantitative estimate of drug-likeness (QED) is 0.753. The molecule has 0 bridgehead atoms. The molecule has 3 rings (SSSR count). The van der Waals surface area contributed by atoms with Crippen LogP contribution in [0.2, 0.25) is 0 Å². The highest BCUT2D eigenvalue weighted by molar-refractivity contribution is 6.06. The molecule has 1 amide bonds. The molecule has 19 heavy (non-hydrogen) atoms. The van der Waals surface area contributed by atoms with E-state index in [2.05, 4.69) is 20.4 Å². The summed E-state index contributed by atoms with van der Waals surface area (Å²) in [4.78, 5) is 20.2. The highest BCUT2D eigenvalue weighted by Gasteiger charge is 2.13. The third kappa shape index (κ3) is 2.03. The lowest BCUT2D eigenvalue weighted by molar-refractivity contribution is 0.102. The van der Waals surface area contributed by atoms with E-state index in [-0.39, 0.29) is 5.91 Å². The SMILES string of the molecule is Cn1nc(NC(=O)c2cccnc2)c2ncccc21. The number of amides is 1. The van der Waals surface area contributed by atoms with Crippen molar-refractivity contribution >= 4 is 22.8 Å². The van der Waals surface area contributed by atoms with Crippen molar-refractivity contribution < 1.29 is 4.79 Å². The standard InChI is InChI=1S/C13H11N5O/c1-18-10-5-3-7-15-11(10)12(17-18)16-13(19)9-4-2-6-14-8-9/h2-8H,1H3,(H,16,17,19). The molecule has 0 aliphatic carbocycles. The van der Waals surface area contributed by atoms with Crippen molar-refractivity contribution in [1.29, 1.82) is 0 Å². The van der Waals surface area contributed by atoms with Gasteiger partial charge >= 0.3 is 0 Å². The Morgan fingerprint density at radius 2 is 2.11 bits per heavy atom. The van der Waals surface area contributed by atoms with Gasteiger partial charge in [-0.15, -0.1) is 0 Å². The first-order valence-electron chi connectivity index (χ1n) is 5.75. The molecule has 6 nitrogen and oxygen atoms in total. The fraction of sp³-hybridized carbons (Fsp3) is 0.0769. The molecule has 0 saturated carbocycles. The summed E-state index contributed by atoms with van der Waals surface area (Å²) in [5.41, 5.74) is 2.02. The number of rotatable bonds is 2. The van der Waals surface area contributed by atoms with Crippen molar-refractivity contribution in [3.05, 3.63) is 48.4 Å². The van der Waals surface area contributed by atoms with Crippen molar-refractivity contribution in [2.45, 2.75) is 0 Å². The van der Waals surface area contributed by atoms with Crippen LogP contribution >= 0.6 is 0 Å². The smallest absolute Gasteiger partial charge is 0.258 e. The van der Waals surface area contributed by atoms with Gasteiger partial charge in [-0.05, 0) is 24.3 Å². The van der Waals surface area contributed by atoms with Gasteiger partial charge in [0.05, 0.1) is 11.1 Å². The number of nitrogens with one attached hydrogen (secondary N) is 1. The summed E-state index contributed by atoms with van der Waals surface area (Å²) >= 11 is 0. The molecule has 1 N–H and O–H groups in total. The lowest BCUT2D eigenvalue weighted by Crippen LogP contribution is -2.13. The first-order chi connectivity index (χ1) is 9.25. The van der Waals surface area contributed by atoms with Crippen LogP contribution in [0.4, 0.5) is 5.82 Å². The van der Waals surface area contributed by atoms with E-state index in [1.54, 1.807) is 29.2 Å². The number of hydrogen-bond acceptors (Lipinski definition) is 4. The van der Waals surface area contributed by atoms with Crippen LogP contribution in [0.15, 0.2) is 42.9 Å². The van der Waals surface area contributed by atoms with Gasteiger partial charge in [0.2, 0.25) is 0 Å². The molecule has 0 unspecified atom stereocenters. The minimum absolute atomic E-state index is 0.251. The first kappa shape index (κ1) is 11.3. The molecule has 3 aromatic rings. The van der Waals surface area contributed by atoms with Crippen molar-refractivity contribution in [3.8, 4) is 0 Å². The molecule has 0 fully saturated rings. The monoisotopic (exact) mass is 253 g/mol. The molecule has 0 aliphatic heterocycles. The predicted octanol–water partition coefficient (Wildman–Crippen LogP) is 1.62. The predicted molar refractivity (Wildman–Crippen MR) is 70.7 cm³/mol. The van der Waals surface area contributed by atoms with Crippen LogP contribution in [0, 0.1) is 0 Å². The van der Waals surface area contributed by atoms with E-state index in [9.17, 15) is 4.79 Å². The highest BCUT2D eigenvalue weighted by Crippen LogP contribution is 2.19. The van der Waals surface area contributed by atoms with E-state index in [4.69, 9.17) is 0 Å². The van der Waals surface area contributed by atoms with E-state index in [0.717, 1.165) is 5.52 Å². The summed E-state index contributed by atoms with van der Waals surface area (Å²) in [5.74, 6) is 0.200. The Morgan fingerprint density at radius 1 is 1.26 bits per heavy atom. The number of carbonyl (C=O) groups is 1. The zero-order chi connectivity index (χ0) is 13.2. The Balaban J connectivity index is 1.96. The van der Waals surface area contributed by atoms with Crippen LogP contribution in [0.1, 0.15) is 10.4 Å². The van der Waals surface area contributed by atoms with E-state index < -0.39 is 0 Å². The van der Waals surface area contributed by atoms with Crippen LogP contribution in [0.25, 0.3) is 11.0 Å². The van der Waals surface area contributed by atoms with Crippen LogP contribution < -0.4 is 5.32 Å². The number of anilines is 1. The van der Waals surface area contributed by atoms with Gasteiger partial charge in [-0.2, -0.15) is 5.10 Å². The average molecular weight is 253 g/mol. The van der Waals surface area contributed by atoms with Crippen molar-refractivity contribution in [3.63, 3.8) is 0 Å². The van der Waals surface area contributed by atoms with Crippen LogP contribution in [-0.4, -0.2) is 25.7 Å². The maximum absolute atomic E-state index is 12.0. The summed E-state index contributed by atoms with van der Waals surface area (Å²) in [5, 5.41) is 7.01. The molecule has 94 valence electrons. The van der Waals surface area contributed by atoms with Gasteiger partial charge in [0.25, 0.3) is 5.91 Å². The van der Waals surface area contributed by atoms with E-state index in [0.29, 0.717) is 16.9 Å².